The van der Waals surface area contributed by atoms with Crippen molar-refractivity contribution in [3.63, 3.8) is 0 Å². The van der Waals surface area contributed by atoms with Crippen LogP contribution in [0.4, 0.5) is 0 Å². The number of carbonyl (C=O) groups is 1. The second-order valence-corrected chi connectivity index (χ2v) is 3.26. The summed E-state index contributed by atoms with van der Waals surface area (Å²) in [7, 11) is 0. The third-order valence-corrected chi connectivity index (χ3v) is 1.96. The van der Waals surface area contributed by atoms with Crippen LogP contribution in [0.3, 0.4) is 0 Å². The summed E-state index contributed by atoms with van der Waals surface area (Å²) in [6.07, 6.45) is 2.59. The van der Waals surface area contributed by atoms with Crippen molar-refractivity contribution in [2.45, 2.75) is 39.7 Å². The van der Waals surface area contributed by atoms with Gasteiger partial charge in [-0.2, -0.15) is 0 Å². The molecule has 0 aliphatic carbocycles. The van der Waals surface area contributed by atoms with Crippen molar-refractivity contribution in [3.8, 4) is 0 Å². The molecule has 0 aromatic heterocycles. The summed E-state index contributed by atoms with van der Waals surface area (Å²) in [5.74, 6) is 0.122. The smallest absolute Gasteiger partial charge is 0.183 e. The van der Waals surface area contributed by atoms with Crippen molar-refractivity contribution in [1.29, 1.82) is 0 Å². The summed E-state index contributed by atoms with van der Waals surface area (Å²) in [5.41, 5.74) is 0.594. The van der Waals surface area contributed by atoms with E-state index in [1.54, 1.807) is 6.92 Å². The molecule has 0 aliphatic rings. The van der Waals surface area contributed by atoms with Gasteiger partial charge in [0.25, 0.3) is 0 Å². The van der Waals surface area contributed by atoms with Gasteiger partial charge in [-0.25, -0.2) is 4.74 Å². The Kier molecular flexibility index (Phi) is 5.04. The summed E-state index contributed by atoms with van der Waals surface area (Å²) in [6.45, 7) is 8.57. The first-order valence-corrected chi connectivity index (χ1v) is 4.40. The number of rotatable bonds is 5. The van der Waals surface area contributed by atoms with Gasteiger partial charge in [0, 0.05) is 19.8 Å². The molecule has 0 bridgehead atoms. The van der Waals surface area contributed by atoms with E-state index in [0.29, 0.717) is 18.6 Å². The first kappa shape index (κ1) is 11.9. The molecule has 3 nitrogen and oxygen atoms in total. The molecule has 0 saturated heterocycles. The van der Waals surface area contributed by atoms with Gasteiger partial charge in [0.1, 0.15) is 5.78 Å². The van der Waals surface area contributed by atoms with Crippen LogP contribution in [0, 0.1) is 5.21 Å². The number of carbonyl (C=O) groups excluding carboxylic acids is 1. The maximum atomic E-state index is 11.4. The van der Waals surface area contributed by atoms with Crippen LogP contribution in [-0.4, -0.2) is 22.3 Å². The highest BCUT2D eigenvalue weighted by Gasteiger charge is 2.11. The van der Waals surface area contributed by atoms with E-state index in [-0.39, 0.29) is 11.8 Å². The van der Waals surface area contributed by atoms with Crippen molar-refractivity contribution in [2.24, 2.45) is 0 Å². The van der Waals surface area contributed by atoms with Gasteiger partial charge in [-0.05, 0) is 19.9 Å². The van der Waals surface area contributed by atoms with E-state index >= 15 is 0 Å². The van der Waals surface area contributed by atoms with Crippen molar-refractivity contribution >= 4 is 11.5 Å². The Labute approximate surface area is 79.3 Å². The molecule has 0 spiro atoms. The molecule has 0 saturated carbocycles. The lowest BCUT2D eigenvalue weighted by atomic mass is 10.1. The quantitative estimate of drug-likeness (QED) is 0.283. The van der Waals surface area contributed by atoms with Gasteiger partial charge in [0.2, 0.25) is 0 Å². The minimum absolute atomic E-state index is 0.122. The van der Waals surface area contributed by atoms with Gasteiger partial charge in [0.05, 0.1) is 0 Å². The molecular weight excluding hydrogens is 166 g/mol. The van der Waals surface area contributed by atoms with Gasteiger partial charge in [-0.15, -0.1) is 0 Å². The summed E-state index contributed by atoms with van der Waals surface area (Å²) < 4.78 is 0.899. The Balaban J connectivity index is 4.18. The van der Waals surface area contributed by atoms with Gasteiger partial charge < -0.3 is 10.0 Å². The molecule has 1 unspecified atom stereocenters. The molecular formula is C10H17NO2. The highest BCUT2D eigenvalue weighted by Crippen LogP contribution is 2.02. The zero-order valence-electron chi connectivity index (χ0n) is 8.54. The third-order valence-electron chi connectivity index (χ3n) is 1.96. The van der Waals surface area contributed by atoms with Crippen LogP contribution in [0.25, 0.3) is 0 Å². The fraction of sp³-hybridized carbons (Fsp3) is 0.600. The Hall–Kier alpha value is -1.12. The molecule has 0 heterocycles. The zero-order valence-corrected chi connectivity index (χ0v) is 8.54. The van der Waals surface area contributed by atoms with Crippen LogP contribution >= 0.6 is 0 Å². The molecule has 0 radical (unpaired) electrons. The second kappa shape index (κ2) is 5.51. The van der Waals surface area contributed by atoms with Crippen molar-refractivity contribution in [1.82, 2.24) is 0 Å². The van der Waals surface area contributed by atoms with Crippen LogP contribution < -0.4 is 0 Å². The molecule has 0 aromatic rings. The monoisotopic (exact) mass is 183 g/mol. The summed E-state index contributed by atoms with van der Waals surface area (Å²) in [4.78, 5) is 10.7. The van der Waals surface area contributed by atoms with Crippen LogP contribution in [0.1, 0.15) is 33.6 Å². The van der Waals surface area contributed by atoms with Crippen LogP contribution in [0.2, 0.25) is 0 Å². The Morgan fingerprint density at radius 1 is 1.62 bits per heavy atom. The maximum Gasteiger partial charge on any atom is 0.183 e. The fourth-order valence-electron chi connectivity index (χ4n) is 0.967. The van der Waals surface area contributed by atoms with Crippen LogP contribution in [-0.2, 0) is 4.79 Å². The van der Waals surface area contributed by atoms with Gasteiger partial charge in [-0.3, -0.25) is 0 Å². The van der Waals surface area contributed by atoms with Gasteiger partial charge in [-0.1, -0.05) is 6.58 Å². The molecule has 74 valence electrons. The normalized spacial score (nSPS) is 14.7. The number of ketones is 1. The maximum absolute atomic E-state index is 11.4. The minimum Gasteiger partial charge on any atom is -0.623 e. The molecule has 1 atom stereocenters. The lowest BCUT2D eigenvalue weighted by molar-refractivity contribution is -0.497. The van der Waals surface area contributed by atoms with E-state index in [1.165, 1.54) is 13.0 Å². The molecule has 0 N–H and O–H groups in total. The summed E-state index contributed by atoms with van der Waals surface area (Å²) >= 11 is 0. The average Bonchev–Trinajstić information content (AvgIpc) is 2.11. The number of allylic oxidation sites excluding steroid dienone is 1. The van der Waals surface area contributed by atoms with Crippen molar-refractivity contribution in [2.75, 3.05) is 0 Å². The molecule has 0 aromatic carbocycles. The first-order chi connectivity index (χ1) is 5.99. The van der Waals surface area contributed by atoms with Crippen molar-refractivity contribution in [3.05, 3.63) is 17.9 Å². The topological polar surface area (TPSA) is 43.1 Å². The molecule has 13 heavy (non-hydrogen) atoms. The largest absolute Gasteiger partial charge is 0.623 e. The standard InChI is InChI=1S/C10H17NO2/c1-5-8(2)11(13)9(3)6-7-10(4)12/h5,9H,1,6-7H2,2-4H3/b11-8+. The molecule has 0 amide bonds. The third kappa shape index (κ3) is 4.45. The number of nitrogens with zero attached hydrogens (tertiary/aromatic N) is 1. The van der Waals surface area contributed by atoms with Crippen LogP contribution in [0.15, 0.2) is 12.7 Å². The lowest BCUT2D eigenvalue weighted by Crippen LogP contribution is -2.23. The Morgan fingerprint density at radius 2 is 2.15 bits per heavy atom. The molecule has 0 aliphatic heterocycles. The van der Waals surface area contributed by atoms with Crippen molar-refractivity contribution < 1.29 is 9.53 Å². The Morgan fingerprint density at radius 3 is 2.54 bits per heavy atom. The van der Waals surface area contributed by atoms with Crippen LogP contribution in [0.5, 0.6) is 0 Å². The highest BCUT2D eigenvalue weighted by molar-refractivity contribution is 5.87. The van der Waals surface area contributed by atoms with Gasteiger partial charge >= 0.3 is 0 Å². The molecule has 0 fully saturated rings. The van der Waals surface area contributed by atoms with E-state index in [0.717, 1.165) is 4.74 Å². The predicted molar refractivity (Wildman–Crippen MR) is 53.9 cm³/mol. The number of Topliss-reactive ketones (excluding diaryl/α,β-unsaturated/α-hetero) is 1. The Bertz CT molecular complexity index is 231. The zero-order chi connectivity index (χ0) is 10.4. The van der Waals surface area contributed by atoms with E-state index in [9.17, 15) is 10.0 Å². The van der Waals surface area contributed by atoms with E-state index in [4.69, 9.17) is 0 Å². The minimum atomic E-state index is -0.151. The highest BCUT2D eigenvalue weighted by atomic mass is 16.5. The SMILES string of the molecule is C=C/C(C)=[N+](/[O-])C(C)CCC(C)=O. The number of hydrogen-bond donors (Lipinski definition) is 0. The number of hydrogen-bond acceptors (Lipinski definition) is 2. The number of hydroxylamine groups is 1. The lowest BCUT2D eigenvalue weighted by Gasteiger charge is -2.13. The fourth-order valence-corrected chi connectivity index (χ4v) is 0.967. The molecule has 3 heteroatoms. The second-order valence-electron chi connectivity index (χ2n) is 3.26. The van der Waals surface area contributed by atoms with E-state index in [1.807, 2.05) is 6.92 Å². The van der Waals surface area contributed by atoms with Gasteiger partial charge in [0.15, 0.2) is 11.8 Å². The average molecular weight is 183 g/mol. The first-order valence-electron chi connectivity index (χ1n) is 4.40. The summed E-state index contributed by atoms with van der Waals surface area (Å²) in [6, 6.07) is -0.151. The van der Waals surface area contributed by atoms with E-state index < -0.39 is 0 Å². The predicted octanol–water partition coefficient (Wildman–Crippen LogP) is 1.90. The van der Waals surface area contributed by atoms with E-state index in [2.05, 4.69) is 6.58 Å². The molecule has 0 rings (SSSR count). The summed E-state index contributed by atoms with van der Waals surface area (Å²) in [5, 5.41) is 11.4.